The molecule has 2 amide bonds. The zero-order valence-corrected chi connectivity index (χ0v) is 11.7. The SMILES string of the molecule is CCC1(CNC(=O)NC(CCOC)C(=O)O)CCC1. The molecule has 110 valence electrons. The molecule has 6 heteroatoms. The van der Waals surface area contributed by atoms with Crippen molar-refractivity contribution < 1.29 is 19.4 Å². The van der Waals surface area contributed by atoms with E-state index in [-0.39, 0.29) is 11.8 Å². The van der Waals surface area contributed by atoms with Gasteiger partial charge in [-0.25, -0.2) is 9.59 Å². The van der Waals surface area contributed by atoms with E-state index in [9.17, 15) is 9.59 Å². The van der Waals surface area contributed by atoms with Gasteiger partial charge in [0.15, 0.2) is 0 Å². The lowest BCUT2D eigenvalue weighted by molar-refractivity contribution is -0.139. The van der Waals surface area contributed by atoms with Gasteiger partial charge in [-0.1, -0.05) is 13.3 Å². The standard InChI is InChI=1S/C13H24N2O4/c1-3-13(6-4-7-13)9-14-12(18)15-10(11(16)17)5-8-19-2/h10H,3-9H2,1-2H3,(H,16,17)(H2,14,15,18). The Kier molecular flexibility index (Phi) is 6.08. The van der Waals surface area contributed by atoms with Crippen LogP contribution in [0.25, 0.3) is 0 Å². The third-order valence-electron chi connectivity index (χ3n) is 4.00. The zero-order valence-electron chi connectivity index (χ0n) is 11.7. The van der Waals surface area contributed by atoms with Crippen LogP contribution in [0.3, 0.4) is 0 Å². The van der Waals surface area contributed by atoms with E-state index in [2.05, 4.69) is 17.6 Å². The number of methoxy groups -OCH3 is 1. The number of nitrogens with one attached hydrogen (secondary N) is 2. The van der Waals surface area contributed by atoms with E-state index in [0.29, 0.717) is 13.2 Å². The lowest BCUT2D eigenvalue weighted by Crippen LogP contribution is -2.50. The van der Waals surface area contributed by atoms with E-state index < -0.39 is 18.0 Å². The van der Waals surface area contributed by atoms with Gasteiger partial charge < -0.3 is 20.5 Å². The molecule has 0 aromatic rings. The van der Waals surface area contributed by atoms with Crippen LogP contribution in [-0.2, 0) is 9.53 Å². The van der Waals surface area contributed by atoms with Crippen molar-refractivity contribution in [2.45, 2.75) is 45.1 Å². The van der Waals surface area contributed by atoms with Crippen LogP contribution >= 0.6 is 0 Å². The van der Waals surface area contributed by atoms with E-state index >= 15 is 0 Å². The highest BCUT2D eigenvalue weighted by Gasteiger charge is 2.35. The van der Waals surface area contributed by atoms with Crippen molar-refractivity contribution in [3.05, 3.63) is 0 Å². The van der Waals surface area contributed by atoms with Gasteiger partial charge in [-0.3, -0.25) is 0 Å². The average Bonchev–Trinajstić information content (AvgIpc) is 2.33. The van der Waals surface area contributed by atoms with Crippen molar-refractivity contribution in [2.24, 2.45) is 5.41 Å². The minimum Gasteiger partial charge on any atom is -0.480 e. The Morgan fingerprint density at radius 1 is 1.42 bits per heavy atom. The molecular weight excluding hydrogens is 248 g/mol. The minimum atomic E-state index is -1.04. The minimum absolute atomic E-state index is 0.225. The van der Waals surface area contributed by atoms with Crippen LogP contribution in [0.1, 0.15) is 39.0 Å². The first-order valence-corrected chi connectivity index (χ1v) is 6.79. The van der Waals surface area contributed by atoms with Gasteiger partial charge in [-0.05, 0) is 24.7 Å². The number of carboxylic acid groups (broad SMARTS) is 1. The van der Waals surface area contributed by atoms with E-state index in [0.717, 1.165) is 19.3 Å². The van der Waals surface area contributed by atoms with Crippen molar-refractivity contribution in [2.75, 3.05) is 20.3 Å². The van der Waals surface area contributed by atoms with Crippen molar-refractivity contribution in [3.8, 4) is 0 Å². The highest BCUT2D eigenvalue weighted by Crippen LogP contribution is 2.42. The molecule has 0 spiro atoms. The van der Waals surface area contributed by atoms with E-state index in [4.69, 9.17) is 9.84 Å². The van der Waals surface area contributed by atoms with Gasteiger partial charge in [0.2, 0.25) is 0 Å². The summed E-state index contributed by atoms with van der Waals surface area (Å²) in [4.78, 5) is 22.7. The Morgan fingerprint density at radius 2 is 2.11 bits per heavy atom. The second kappa shape index (κ2) is 7.33. The molecule has 1 saturated carbocycles. The molecule has 0 heterocycles. The van der Waals surface area contributed by atoms with Crippen molar-refractivity contribution in [1.29, 1.82) is 0 Å². The number of aliphatic carboxylic acids is 1. The normalized spacial score (nSPS) is 18.2. The third-order valence-corrected chi connectivity index (χ3v) is 4.00. The van der Waals surface area contributed by atoms with Gasteiger partial charge in [-0.2, -0.15) is 0 Å². The number of hydrogen-bond donors (Lipinski definition) is 3. The largest absolute Gasteiger partial charge is 0.480 e. The Labute approximate surface area is 113 Å². The summed E-state index contributed by atoms with van der Waals surface area (Å²) in [6.45, 7) is 3.04. The van der Waals surface area contributed by atoms with Crippen LogP contribution in [0.4, 0.5) is 4.79 Å². The summed E-state index contributed by atoms with van der Waals surface area (Å²) >= 11 is 0. The average molecular weight is 272 g/mol. The first kappa shape index (κ1) is 15.8. The maximum absolute atomic E-state index is 11.7. The van der Waals surface area contributed by atoms with Gasteiger partial charge in [0.25, 0.3) is 0 Å². The maximum Gasteiger partial charge on any atom is 0.326 e. The molecule has 0 aromatic carbocycles. The van der Waals surface area contributed by atoms with E-state index in [1.54, 1.807) is 0 Å². The van der Waals surface area contributed by atoms with Crippen LogP contribution in [0.15, 0.2) is 0 Å². The lowest BCUT2D eigenvalue weighted by atomic mass is 9.67. The summed E-state index contributed by atoms with van der Waals surface area (Å²) in [5, 5.41) is 14.2. The molecule has 19 heavy (non-hydrogen) atoms. The molecule has 1 rings (SSSR count). The quantitative estimate of drug-likeness (QED) is 0.622. The molecular formula is C13H24N2O4. The topological polar surface area (TPSA) is 87.7 Å². The van der Waals surface area contributed by atoms with Crippen LogP contribution in [-0.4, -0.2) is 43.4 Å². The molecule has 1 unspecified atom stereocenters. The predicted octanol–water partition coefficient (Wildman–Crippen LogP) is 1.36. The number of ether oxygens (including phenoxy) is 1. The second-order valence-electron chi connectivity index (χ2n) is 5.21. The lowest BCUT2D eigenvalue weighted by Gasteiger charge is -2.41. The number of carboxylic acids is 1. The summed E-state index contributed by atoms with van der Waals surface area (Å²) in [5.41, 5.74) is 0.225. The Balaban J connectivity index is 2.33. The number of urea groups is 1. The molecule has 0 radical (unpaired) electrons. The zero-order chi connectivity index (χ0) is 14.3. The Morgan fingerprint density at radius 3 is 2.53 bits per heavy atom. The van der Waals surface area contributed by atoms with Crippen molar-refractivity contribution in [3.63, 3.8) is 0 Å². The summed E-state index contributed by atoms with van der Waals surface area (Å²) < 4.78 is 4.83. The fraction of sp³-hybridized carbons (Fsp3) is 0.846. The molecule has 0 saturated heterocycles. The number of carbonyl (C=O) groups is 2. The molecule has 6 nitrogen and oxygen atoms in total. The van der Waals surface area contributed by atoms with Crippen molar-refractivity contribution in [1.82, 2.24) is 10.6 Å². The Hall–Kier alpha value is -1.30. The van der Waals surface area contributed by atoms with Crippen LogP contribution in [0.5, 0.6) is 0 Å². The molecule has 1 aliphatic rings. The Bertz CT molecular complexity index is 310. The van der Waals surface area contributed by atoms with Gasteiger partial charge in [0.05, 0.1) is 0 Å². The summed E-state index contributed by atoms with van der Waals surface area (Å²) in [6, 6.07) is -1.32. The van der Waals surface area contributed by atoms with Crippen LogP contribution in [0, 0.1) is 5.41 Å². The molecule has 1 atom stereocenters. The smallest absolute Gasteiger partial charge is 0.326 e. The molecule has 0 bridgehead atoms. The third kappa shape index (κ3) is 4.70. The van der Waals surface area contributed by atoms with Gasteiger partial charge in [-0.15, -0.1) is 0 Å². The number of hydrogen-bond acceptors (Lipinski definition) is 3. The number of carbonyl (C=O) groups excluding carboxylic acids is 1. The first-order valence-electron chi connectivity index (χ1n) is 6.79. The van der Waals surface area contributed by atoms with E-state index in [1.807, 2.05) is 0 Å². The fourth-order valence-corrected chi connectivity index (χ4v) is 2.30. The van der Waals surface area contributed by atoms with E-state index in [1.165, 1.54) is 13.5 Å². The molecule has 0 aromatic heterocycles. The second-order valence-corrected chi connectivity index (χ2v) is 5.21. The predicted molar refractivity (Wildman–Crippen MR) is 71.0 cm³/mol. The molecule has 1 aliphatic carbocycles. The highest BCUT2D eigenvalue weighted by atomic mass is 16.5. The maximum atomic E-state index is 11.7. The first-order chi connectivity index (χ1) is 9.03. The van der Waals surface area contributed by atoms with Gasteiger partial charge >= 0.3 is 12.0 Å². The van der Waals surface area contributed by atoms with Crippen molar-refractivity contribution >= 4 is 12.0 Å². The molecule has 3 N–H and O–H groups in total. The number of rotatable bonds is 8. The van der Waals surface area contributed by atoms with Gasteiger partial charge in [0, 0.05) is 26.7 Å². The summed E-state index contributed by atoms with van der Waals surface area (Å²) in [5.74, 6) is -1.04. The fourth-order valence-electron chi connectivity index (χ4n) is 2.30. The molecule has 0 aliphatic heterocycles. The molecule has 1 fully saturated rings. The summed E-state index contributed by atoms with van der Waals surface area (Å²) in [6.07, 6.45) is 4.78. The summed E-state index contributed by atoms with van der Waals surface area (Å²) in [7, 11) is 1.50. The van der Waals surface area contributed by atoms with Crippen LogP contribution < -0.4 is 10.6 Å². The highest BCUT2D eigenvalue weighted by molar-refractivity contribution is 5.82. The monoisotopic (exact) mass is 272 g/mol. The van der Waals surface area contributed by atoms with Crippen LogP contribution in [0.2, 0.25) is 0 Å². The number of amides is 2. The van der Waals surface area contributed by atoms with Gasteiger partial charge in [0.1, 0.15) is 6.04 Å².